The molecule has 1 aliphatic heterocycles. The molecule has 51 heavy (non-hydrogen) atoms. The SMILES string of the molecule is C=C1C[C@]23C[C@@]1(O)CC[C@H]2[C@@]12C=C[C@H](O)[C@@](C)(C(=O)O1)[C@H]2[C@@H]3C(=O)O.N#Cc1nn(-c2c(Cl)cc(C(F)(F)F)cc2Cl)c(N)c1S(=O)C(F)(F)F. The quantitative estimate of drug-likeness (QED) is 0.181. The lowest BCUT2D eigenvalue weighted by Crippen LogP contribution is -2.50. The van der Waals surface area contributed by atoms with Crippen LogP contribution in [0.2, 0.25) is 10.0 Å². The minimum absolute atomic E-state index is 0.180. The maximum Gasteiger partial charge on any atom is 0.476 e. The maximum absolute atomic E-state index is 12.7. The Morgan fingerprint density at radius 1 is 1.24 bits per heavy atom. The fourth-order valence-corrected chi connectivity index (χ4v) is 10.4. The van der Waals surface area contributed by atoms with Crippen LogP contribution < -0.4 is 5.73 Å². The molecule has 4 fully saturated rings. The summed E-state index contributed by atoms with van der Waals surface area (Å²) < 4.78 is 94.2. The number of hydrogen-bond donors (Lipinski definition) is 4. The summed E-state index contributed by atoms with van der Waals surface area (Å²) in [6.45, 7) is 5.64. The van der Waals surface area contributed by atoms with E-state index in [0.29, 0.717) is 48.1 Å². The van der Waals surface area contributed by atoms with Crippen LogP contribution in [-0.2, 0) is 31.3 Å². The molecule has 2 aromatic rings. The lowest BCUT2D eigenvalue weighted by Gasteiger charge is -2.44. The van der Waals surface area contributed by atoms with Crippen LogP contribution >= 0.6 is 23.2 Å². The largest absolute Gasteiger partial charge is 0.481 e. The van der Waals surface area contributed by atoms with Gasteiger partial charge in [-0.15, -0.1) is 0 Å². The van der Waals surface area contributed by atoms with E-state index >= 15 is 0 Å². The number of benzene rings is 1. The number of nitriles is 1. The Balaban J connectivity index is 0.000000176. The summed E-state index contributed by atoms with van der Waals surface area (Å²) in [6.07, 6.45) is -0.676. The second kappa shape index (κ2) is 11.4. The van der Waals surface area contributed by atoms with Crippen molar-refractivity contribution in [1.82, 2.24) is 9.78 Å². The van der Waals surface area contributed by atoms with Crippen LogP contribution in [0.5, 0.6) is 0 Å². The molecule has 7 rings (SSSR count). The average Bonchev–Trinajstić information content (AvgIpc) is 3.58. The second-order valence-corrected chi connectivity index (χ2v) is 15.7. The highest BCUT2D eigenvalue weighted by Crippen LogP contribution is 2.77. The first-order chi connectivity index (χ1) is 23.4. The van der Waals surface area contributed by atoms with Crippen LogP contribution in [-0.4, -0.2) is 64.1 Å². The zero-order valence-corrected chi connectivity index (χ0v) is 28.3. The highest BCUT2D eigenvalue weighted by Gasteiger charge is 2.83. The molecule has 1 aromatic carbocycles. The van der Waals surface area contributed by atoms with Crippen molar-refractivity contribution in [2.24, 2.45) is 28.6 Å². The van der Waals surface area contributed by atoms with Crippen LogP contribution in [0.3, 0.4) is 0 Å². The lowest BCUT2D eigenvalue weighted by molar-refractivity contribution is -0.163. The van der Waals surface area contributed by atoms with Crippen LogP contribution in [0.4, 0.5) is 32.2 Å². The summed E-state index contributed by atoms with van der Waals surface area (Å²) in [6, 6.07) is 2.19. The number of alkyl halides is 6. The van der Waals surface area contributed by atoms with Gasteiger partial charge in [0.05, 0.1) is 33.2 Å². The number of rotatable bonds is 3. The number of aliphatic hydroxyl groups is 2. The first-order valence-electron chi connectivity index (χ1n) is 15.0. The van der Waals surface area contributed by atoms with Crippen LogP contribution in [0.1, 0.15) is 43.9 Å². The summed E-state index contributed by atoms with van der Waals surface area (Å²) in [5.74, 6) is -4.08. The van der Waals surface area contributed by atoms with Gasteiger partial charge in [0.1, 0.15) is 33.5 Å². The van der Waals surface area contributed by atoms with Crippen molar-refractivity contribution in [2.75, 3.05) is 5.73 Å². The second-order valence-electron chi connectivity index (χ2n) is 13.5. The molecule has 5 N–H and O–H groups in total. The first kappa shape index (κ1) is 37.1. The molecule has 11 nitrogen and oxygen atoms in total. The van der Waals surface area contributed by atoms with Gasteiger partial charge in [0.2, 0.25) is 0 Å². The minimum atomic E-state index is -5.25. The highest BCUT2D eigenvalue weighted by molar-refractivity contribution is 7.86. The molecule has 5 aliphatic rings. The predicted octanol–water partition coefficient (Wildman–Crippen LogP) is 5.31. The minimum Gasteiger partial charge on any atom is -0.481 e. The van der Waals surface area contributed by atoms with Gasteiger partial charge in [-0.05, 0) is 61.8 Å². The number of nitrogens with two attached hydrogens (primary N) is 1. The molecule has 0 amide bonds. The molecule has 4 bridgehead atoms. The zero-order valence-electron chi connectivity index (χ0n) is 26.0. The van der Waals surface area contributed by atoms with E-state index in [2.05, 4.69) is 11.7 Å². The number of aliphatic carboxylic acids is 1. The summed E-state index contributed by atoms with van der Waals surface area (Å²) in [5.41, 5.74) is -5.71. The number of aliphatic hydroxyl groups excluding tert-OH is 1. The molecule has 3 saturated carbocycles. The van der Waals surface area contributed by atoms with E-state index in [0.717, 1.165) is 0 Å². The number of fused-ring (bicyclic) bond motifs is 1. The molecule has 1 aromatic heterocycles. The van der Waals surface area contributed by atoms with E-state index in [9.17, 15) is 55.5 Å². The maximum atomic E-state index is 12.7. The van der Waals surface area contributed by atoms with E-state index in [1.54, 1.807) is 19.1 Å². The van der Waals surface area contributed by atoms with Crippen molar-refractivity contribution in [2.45, 2.75) is 66.5 Å². The van der Waals surface area contributed by atoms with Gasteiger partial charge in [0.25, 0.3) is 0 Å². The van der Waals surface area contributed by atoms with Gasteiger partial charge in [-0.3, -0.25) is 9.59 Å². The van der Waals surface area contributed by atoms with Gasteiger partial charge in [0.15, 0.2) is 16.5 Å². The molecule has 1 spiro atoms. The predicted molar refractivity (Wildman–Crippen MR) is 165 cm³/mol. The van der Waals surface area contributed by atoms with Crippen LogP contribution in [0.25, 0.3) is 5.69 Å². The van der Waals surface area contributed by atoms with Crippen molar-refractivity contribution in [3.8, 4) is 11.8 Å². The number of anilines is 1. The molecule has 274 valence electrons. The molecule has 1 saturated heterocycles. The van der Waals surface area contributed by atoms with Crippen LogP contribution in [0, 0.1) is 39.9 Å². The Morgan fingerprint density at radius 3 is 2.37 bits per heavy atom. The number of nitrogen functional groups attached to an aromatic ring is 1. The van der Waals surface area contributed by atoms with Crippen molar-refractivity contribution in [1.29, 1.82) is 5.26 Å². The number of carboxylic acids is 1. The molecule has 4 aliphatic carbocycles. The van der Waals surface area contributed by atoms with Crippen molar-refractivity contribution in [3.63, 3.8) is 0 Å². The fraction of sp³-hybridized carbons (Fsp3) is 0.484. The number of esters is 1. The van der Waals surface area contributed by atoms with Crippen LogP contribution in [0.15, 0.2) is 41.3 Å². The van der Waals surface area contributed by atoms with E-state index in [1.165, 1.54) is 6.07 Å². The zero-order chi connectivity index (χ0) is 38.0. The van der Waals surface area contributed by atoms with E-state index in [1.807, 2.05) is 0 Å². The van der Waals surface area contributed by atoms with Crippen molar-refractivity contribution in [3.05, 3.63) is 57.7 Å². The van der Waals surface area contributed by atoms with Crippen molar-refractivity contribution >= 4 is 51.8 Å². The smallest absolute Gasteiger partial charge is 0.476 e. The number of carbonyl (C=O) groups excluding carboxylic acids is 1. The Labute approximate surface area is 296 Å². The van der Waals surface area contributed by atoms with E-state index < -0.39 is 112 Å². The molecule has 0 radical (unpaired) electrons. The van der Waals surface area contributed by atoms with E-state index in [4.69, 9.17) is 38.9 Å². The molecule has 9 atom stereocenters. The monoisotopic (exact) mass is 782 g/mol. The van der Waals surface area contributed by atoms with Gasteiger partial charge in [-0.2, -0.15) is 36.7 Å². The summed E-state index contributed by atoms with van der Waals surface area (Å²) in [5, 5.41) is 42.6. The van der Waals surface area contributed by atoms with Gasteiger partial charge in [0, 0.05) is 11.8 Å². The number of hydrogen-bond acceptors (Lipinski definition) is 9. The Kier molecular flexibility index (Phi) is 8.33. The fourth-order valence-electron chi connectivity index (χ4n) is 9.02. The molecular weight excluding hydrogens is 757 g/mol. The van der Waals surface area contributed by atoms with Crippen molar-refractivity contribution < 1.29 is 60.2 Å². The first-order valence-corrected chi connectivity index (χ1v) is 16.9. The normalized spacial score (nSPS) is 35.3. The molecule has 20 heteroatoms. The standard InChI is InChI=1S/C19H22O6.C12H4Cl2F6N4OS/c1-9-7-17-8-18(9,24)5-3-10(17)19-6-4-11(20)16(2,15(23)25-19)13(19)12(17)14(21)22;13-5-1-4(11(15,16)17)2-6(14)8(5)24-10(22)9(7(3-21)23-24)26(25)12(18,19)20/h4,6,10-13,20,24H,1,3,5,7-8H2,2H3,(H,21,22);1-2H,22H2/t10-,11+,12-,13-,16-,17+,18+,19-;/m1./s1. The van der Waals surface area contributed by atoms with Gasteiger partial charge < -0.3 is 25.8 Å². The number of carboxylic acid groups (broad SMARTS) is 1. The summed E-state index contributed by atoms with van der Waals surface area (Å²) in [7, 11) is -3.71. The third-order valence-electron chi connectivity index (χ3n) is 11.1. The topological polar surface area (TPSA) is 189 Å². The Hall–Kier alpha value is -3.63. The Bertz CT molecular complexity index is 1990. The van der Waals surface area contributed by atoms with E-state index in [-0.39, 0.29) is 5.92 Å². The molecular formula is C31H26Cl2F6N4O7S. The number of carbonyl (C=O) groups is 2. The third-order valence-corrected chi connectivity index (χ3v) is 12.8. The van der Waals surface area contributed by atoms with Gasteiger partial charge in [-0.1, -0.05) is 35.9 Å². The Morgan fingerprint density at radius 2 is 1.84 bits per heavy atom. The highest BCUT2D eigenvalue weighted by atomic mass is 35.5. The van der Waals surface area contributed by atoms with Gasteiger partial charge in [-0.25, -0.2) is 8.89 Å². The van der Waals surface area contributed by atoms with Gasteiger partial charge >= 0.3 is 23.6 Å². The number of nitrogens with zero attached hydrogens (tertiary/aromatic N) is 3. The lowest BCUT2D eigenvalue weighted by atomic mass is 9.61. The third kappa shape index (κ3) is 5.06. The average molecular weight is 784 g/mol. The number of ether oxygens (including phenoxy) is 1. The molecule has 2 heterocycles. The summed E-state index contributed by atoms with van der Waals surface area (Å²) >= 11 is 11.5. The molecule has 1 unspecified atom stereocenters. The number of aromatic nitrogens is 2. The summed E-state index contributed by atoms with van der Waals surface area (Å²) in [4.78, 5) is 23.9. The number of halogens is 8.